The zero-order valence-corrected chi connectivity index (χ0v) is 12.7. The van der Waals surface area contributed by atoms with E-state index in [1.165, 1.54) is 12.8 Å². The lowest BCUT2D eigenvalue weighted by Gasteiger charge is -2.34. The number of nitrogens with one attached hydrogen (secondary N) is 1. The van der Waals surface area contributed by atoms with Crippen LogP contribution in [0.15, 0.2) is 30.9 Å². The number of rotatable bonds is 3. The average Bonchev–Trinajstić information content (AvgIpc) is 3.15. The van der Waals surface area contributed by atoms with E-state index in [9.17, 15) is 0 Å². The van der Waals surface area contributed by atoms with Crippen LogP contribution in [0.25, 0.3) is 5.65 Å². The van der Waals surface area contributed by atoms with Crippen molar-refractivity contribution in [2.24, 2.45) is 0 Å². The molecule has 0 radical (unpaired) electrons. The summed E-state index contributed by atoms with van der Waals surface area (Å²) in [6.07, 6.45) is 9.34. The molecule has 0 bridgehead atoms. The van der Waals surface area contributed by atoms with Gasteiger partial charge in [0, 0.05) is 30.7 Å². The zero-order chi connectivity index (χ0) is 14.9. The number of fused-ring (bicyclic) bond motifs is 1. The van der Waals surface area contributed by atoms with Crippen LogP contribution in [0.2, 0.25) is 0 Å². The molecule has 4 rings (SSSR count). The van der Waals surface area contributed by atoms with E-state index in [1.54, 1.807) is 6.33 Å². The summed E-state index contributed by atoms with van der Waals surface area (Å²) in [4.78, 5) is 14.7. The van der Waals surface area contributed by atoms with Gasteiger partial charge in [-0.1, -0.05) is 6.42 Å². The summed E-state index contributed by atoms with van der Waals surface area (Å²) in [5, 5.41) is 4.41. The van der Waals surface area contributed by atoms with E-state index in [4.69, 9.17) is 4.98 Å². The van der Waals surface area contributed by atoms with Crippen molar-refractivity contribution < 1.29 is 0 Å². The van der Waals surface area contributed by atoms with Gasteiger partial charge in [-0.3, -0.25) is 4.90 Å². The SMILES string of the molecule is Cc1cc2nc([C@H]3CCCCN3Cc3cnc[nH]3)ccn2n1. The third-order valence-corrected chi connectivity index (χ3v) is 4.35. The van der Waals surface area contributed by atoms with Gasteiger partial charge in [-0.2, -0.15) is 5.10 Å². The molecule has 6 heteroatoms. The summed E-state index contributed by atoms with van der Waals surface area (Å²) in [5.41, 5.74) is 4.24. The second-order valence-corrected chi connectivity index (χ2v) is 6.00. The molecule has 1 aliphatic rings. The molecular formula is C16H20N6. The second-order valence-electron chi connectivity index (χ2n) is 6.00. The van der Waals surface area contributed by atoms with Gasteiger partial charge in [0.1, 0.15) is 0 Å². The maximum atomic E-state index is 4.83. The molecule has 0 amide bonds. The van der Waals surface area contributed by atoms with Crippen molar-refractivity contribution in [3.63, 3.8) is 0 Å². The van der Waals surface area contributed by atoms with Crippen LogP contribution in [0, 0.1) is 6.92 Å². The molecule has 0 aliphatic carbocycles. The van der Waals surface area contributed by atoms with Crippen LogP contribution in [0.4, 0.5) is 0 Å². The molecule has 1 aliphatic heterocycles. The molecular weight excluding hydrogens is 276 g/mol. The molecule has 3 aromatic rings. The summed E-state index contributed by atoms with van der Waals surface area (Å²) in [6, 6.07) is 4.51. The van der Waals surface area contributed by atoms with Crippen molar-refractivity contribution in [3.8, 4) is 0 Å². The molecule has 0 unspecified atom stereocenters. The van der Waals surface area contributed by atoms with Gasteiger partial charge in [0.2, 0.25) is 0 Å². The topological polar surface area (TPSA) is 62.1 Å². The predicted octanol–water partition coefficient (Wildman–Crippen LogP) is 2.49. The Bertz CT molecular complexity index is 760. The fourth-order valence-electron chi connectivity index (χ4n) is 3.30. The minimum atomic E-state index is 0.372. The first-order valence-corrected chi connectivity index (χ1v) is 7.84. The van der Waals surface area contributed by atoms with E-state index in [-0.39, 0.29) is 0 Å². The maximum absolute atomic E-state index is 4.83. The Morgan fingerprint density at radius 2 is 2.32 bits per heavy atom. The monoisotopic (exact) mass is 296 g/mol. The van der Waals surface area contributed by atoms with Crippen LogP contribution in [-0.2, 0) is 6.54 Å². The standard InChI is InChI=1S/C16H20N6/c1-12-8-16-19-14(5-7-22(16)20-12)15-4-2-3-6-21(15)10-13-9-17-11-18-13/h5,7-9,11,15H,2-4,6,10H2,1H3,(H,17,18)/t15-/m1/s1. The first-order valence-electron chi connectivity index (χ1n) is 7.84. The fraction of sp³-hybridized carbons (Fsp3) is 0.438. The molecule has 6 nitrogen and oxygen atoms in total. The minimum Gasteiger partial charge on any atom is -0.347 e. The molecule has 3 aromatic heterocycles. The van der Waals surface area contributed by atoms with E-state index in [0.29, 0.717) is 6.04 Å². The van der Waals surface area contributed by atoms with Crippen molar-refractivity contribution in [1.82, 2.24) is 29.5 Å². The summed E-state index contributed by atoms with van der Waals surface area (Å²) in [7, 11) is 0. The van der Waals surface area contributed by atoms with E-state index in [2.05, 4.69) is 26.0 Å². The van der Waals surface area contributed by atoms with Crippen molar-refractivity contribution in [3.05, 3.63) is 47.9 Å². The Labute approximate surface area is 129 Å². The maximum Gasteiger partial charge on any atom is 0.155 e. The molecule has 1 saturated heterocycles. The molecule has 1 atom stereocenters. The summed E-state index contributed by atoms with van der Waals surface area (Å²) < 4.78 is 1.85. The Balaban J connectivity index is 1.64. The molecule has 1 N–H and O–H groups in total. The van der Waals surface area contributed by atoms with E-state index < -0.39 is 0 Å². The van der Waals surface area contributed by atoms with E-state index in [1.807, 2.05) is 29.9 Å². The van der Waals surface area contributed by atoms with Gasteiger partial charge in [-0.15, -0.1) is 0 Å². The lowest BCUT2D eigenvalue weighted by Crippen LogP contribution is -2.33. The highest BCUT2D eigenvalue weighted by Gasteiger charge is 2.25. The quantitative estimate of drug-likeness (QED) is 0.806. The van der Waals surface area contributed by atoms with Gasteiger partial charge < -0.3 is 4.98 Å². The average molecular weight is 296 g/mol. The summed E-state index contributed by atoms with van der Waals surface area (Å²) in [6.45, 7) is 4.00. The van der Waals surface area contributed by atoms with Crippen LogP contribution in [0.1, 0.15) is 42.4 Å². The van der Waals surface area contributed by atoms with Crippen molar-refractivity contribution in [2.75, 3.05) is 6.54 Å². The van der Waals surface area contributed by atoms with Gasteiger partial charge in [0.25, 0.3) is 0 Å². The highest BCUT2D eigenvalue weighted by atomic mass is 15.3. The third-order valence-electron chi connectivity index (χ3n) is 4.35. The molecule has 0 spiro atoms. The normalized spacial score (nSPS) is 19.8. The predicted molar refractivity (Wildman–Crippen MR) is 83.3 cm³/mol. The second kappa shape index (κ2) is 5.53. The number of aromatic nitrogens is 5. The Kier molecular flexibility index (Phi) is 3.38. The highest BCUT2D eigenvalue weighted by molar-refractivity contribution is 5.39. The number of aromatic amines is 1. The van der Waals surface area contributed by atoms with Crippen molar-refractivity contribution in [2.45, 2.75) is 38.8 Å². The molecule has 1 fully saturated rings. The molecule has 0 aromatic carbocycles. The van der Waals surface area contributed by atoms with Crippen LogP contribution in [-0.4, -0.2) is 36.0 Å². The number of likely N-dealkylation sites (tertiary alicyclic amines) is 1. The Hall–Kier alpha value is -2.21. The number of piperidine rings is 1. The number of imidazole rings is 1. The summed E-state index contributed by atoms with van der Waals surface area (Å²) in [5.74, 6) is 0. The van der Waals surface area contributed by atoms with Crippen LogP contribution >= 0.6 is 0 Å². The van der Waals surface area contributed by atoms with Gasteiger partial charge in [0.05, 0.1) is 23.8 Å². The summed E-state index contributed by atoms with van der Waals surface area (Å²) >= 11 is 0. The number of hydrogen-bond acceptors (Lipinski definition) is 4. The van der Waals surface area contributed by atoms with Crippen LogP contribution < -0.4 is 0 Å². The van der Waals surface area contributed by atoms with Gasteiger partial charge >= 0.3 is 0 Å². The smallest absolute Gasteiger partial charge is 0.155 e. The Morgan fingerprint density at radius 1 is 1.36 bits per heavy atom. The van der Waals surface area contributed by atoms with Crippen molar-refractivity contribution >= 4 is 5.65 Å². The number of nitrogens with zero attached hydrogens (tertiary/aromatic N) is 5. The molecule has 0 saturated carbocycles. The Morgan fingerprint density at radius 3 is 3.18 bits per heavy atom. The number of H-pyrrole nitrogens is 1. The van der Waals surface area contributed by atoms with Gasteiger partial charge in [0.15, 0.2) is 5.65 Å². The lowest BCUT2D eigenvalue weighted by atomic mass is 9.99. The van der Waals surface area contributed by atoms with Crippen LogP contribution in [0.5, 0.6) is 0 Å². The first kappa shape index (κ1) is 13.5. The van der Waals surface area contributed by atoms with Gasteiger partial charge in [-0.05, 0) is 32.4 Å². The number of aryl methyl sites for hydroxylation is 1. The van der Waals surface area contributed by atoms with E-state index >= 15 is 0 Å². The number of hydrogen-bond donors (Lipinski definition) is 1. The largest absolute Gasteiger partial charge is 0.347 e. The van der Waals surface area contributed by atoms with E-state index in [0.717, 1.165) is 42.2 Å². The molecule has 4 heterocycles. The first-order chi connectivity index (χ1) is 10.8. The van der Waals surface area contributed by atoms with Crippen LogP contribution in [0.3, 0.4) is 0 Å². The third kappa shape index (κ3) is 2.50. The highest BCUT2D eigenvalue weighted by Crippen LogP contribution is 2.31. The zero-order valence-electron chi connectivity index (χ0n) is 12.7. The van der Waals surface area contributed by atoms with Gasteiger partial charge in [-0.25, -0.2) is 14.5 Å². The fourth-order valence-corrected chi connectivity index (χ4v) is 3.30. The minimum absolute atomic E-state index is 0.372. The molecule has 22 heavy (non-hydrogen) atoms. The van der Waals surface area contributed by atoms with Crippen molar-refractivity contribution in [1.29, 1.82) is 0 Å². The molecule has 114 valence electrons. The lowest BCUT2D eigenvalue weighted by molar-refractivity contribution is 0.136.